The van der Waals surface area contributed by atoms with Gasteiger partial charge < -0.3 is 0 Å². The second kappa shape index (κ2) is 12.3. The molecule has 0 N–H and O–H groups in total. The lowest BCUT2D eigenvalue weighted by Gasteiger charge is -2.40. The fourth-order valence-corrected chi connectivity index (χ4v) is 9.63. The predicted molar refractivity (Wildman–Crippen MR) is 155 cm³/mol. The van der Waals surface area contributed by atoms with Crippen molar-refractivity contribution in [2.24, 2.45) is 0 Å². The first-order valence-corrected chi connectivity index (χ1v) is 15.1. The fourth-order valence-electron chi connectivity index (χ4n) is 4.68. The summed E-state index contributed by atoms with van der Waals surface area (Å²) < 4.78 is 58.5. The average Bonchev–Trinajstić information content (AvgIpc) is 3.43. The maximum Gasteiger partial charge on any atom is 0.159 e. The number of rotatable bonds is 8. The molecule has 1 saturated carbocycles. The Morgan fingerprint density at radius 2 is 1.08 bits per heavy atom. The van der Waals surface area contributed by atoms with E-state index >= 15 is 0 Å². The lowest BCUT2D eigenvalue weighted by Crippen LogP contribution is -2.38. The third-order valence-corrected chi connectivity index (χ3v) is 11.7. The van der Waals surface area contributed by atoms with Gasteiger partial charge in [-0.3, -0.25) is 4.67 Å². The van der Waals surface area contributed by atoms with Crippen molar-refractivity contribution in [3.05, 3.63) is 151 Å². The molecule has 0 aliphatic heterocycles. The Balaban J connectivity index is 1.53. The SMILES string of the molecule is C[C@H]([C]1[CH][CH][CH][C]1P(c1ccccc1)c1ccccc1)N(C)P(c1ccc(F)c(F)c1)c1ccc(F)c(F)c1. The van der Waals surface area contributed by atoms with E-state index in [0.29, 0.717) is 10.6 Å². The molecule has 5 rings (SSSR count). The zero-order chi connectivity index (χ0) is 27.5. The lowest BCUT2D eigenvalue weighted by molar-refractivity contribution is 0.453. The minimum atomic E-state index is -1.53. The summed E-state index contributed by atoms with van der Waals surface area (Å²) in [6.45, 7) is 2.05. The van der Waals surface area contributed by atoms with E-state index in [1.807, 2.05) is 49.9 Å². The monoisotopic (exact) mass is 562 g/mol. The van der Waals surface area contributed by atoms with E-state index in [1.54, 1.807) is 0 Å². The van der Waals surface area contributed by atoms with Gasteiger partial charge in [-0.25, -0.2) is 17.6 Å². The zero-order valence-electron chi connectivity index (χ0n) is 21.4. The molecule has 1 fully saturated rings. The largest absolute Gasteiger partial charge is 0.274 e. The van der Waals surface area contributed by atoms with Crippen LogP contribution in [0.4, 0.5) is 17.6 Å². The topological polar surface area (TPSA) is 3.24 Å². The van der Waals surface area contributed by atoms with E-state index in [-0.39, 0.29) is 6.04 Å². The smallest absolute Gasteiger partial charge is 0.159 e. The van der Waals surface area contributed by atoms with E-state index in [0.717, 1.165) is 30.2 Å². The molecular formula is C32H26F4NP2. The highest BCUT2D eigenvalue weighted by Crippen LogP contribution is 2.58. The van der Waals surface area contributed by atoms with Gasteiger partial charge in [0.25, 0.3) is 0 Å². The molecule has 0 bridgehead atoms. The van der Waals surface area contributed by atoms with Crippen molar-refractivity contribution in [1.82, 2.24) is 4.67 Å². The van der Waals surface area contributed by atoms with Gasteiger partial charge in [-0.1, -0.05) is 60.7 Å². The first-order chi connectivity index (χ1) is 18.8. The van der Waals surface area contributed by atoms with Crippen molar-refractivity contribution in [2.75, 3.05) is 7.05 Å². The molecule has 0 heterocycles. The van der Waals surface area contributed by atoms with Crippen LogP contribution in [-0.4, -0.2) is 17.8 Å². The van der Waals surface area contributed by atoms with E-state index in [9.17, 15) is 17.6 Å². The summed E-state index contributed by atoms with van der Waals surface area (Å²) in [6.07, 6.45) is 6.26. The number of hydrogen-bond donors (Lipinski definition) is 0. The molecule has 0 unspecified atom stereocenters. The molecule has 39 heavy (non-hydrogen) atoms. The van der Waals surface area contributed by atoms with E-state index in [2.05, 4.69) is 48.7 Å². The van der Waals surface area contributed by atoms with Crippen molar-refractivity contribution in [3.63, 3.8) is 0 Å². The fraction of sp³-hybridized carbons (Fsp3) is 0.0938. The molecule has 0 amide bonds. The van der Waals surface area contributed by atoms with Gasteiger partial charge in [0.2, 0.25) is 0 Å². The minimum Gasteiger partial charge on any atom is -0.274 e. The van der Waals surface area contributed by atoms with Crippen LogP contribution in [0.2, 0.25) is 0 Å². The molecule has 1 nitrogen and oxygen atoms in total. The Labute approximate surface area is 230 Å². The Morgan fingerprint density at radius 1 is 0.590 bits per heavy atom. The Morgan fingerprint density at radius 3 is 1.54 bits per heavy atom. The minimum absolute atomic E-state index is 0.181. The molecular weight excluding hydrogens is 536 g/mol. The summed E-state index contributed by atoms with van der Waals surface area (Å²) in [5.74, 6) is -2.77. The van der Waals surface area contributed by atoms with Gasteiger partial charge in [-0.2, -0.15) is 0 Å². The van der Waals surface area contributed by atoms with Gasteiger partial charge in [-0.15, -0.1) is 0 Å². The Hall–Kier alpha value is -2.58. The van der Waals surface area contributed by atoms with E-state index in [1.165, 1.54) is 28.4 Å². The molecule has 0 spiro atoms. The summed E-state index contributed by atoms with van der Waals surface area (Å²) >= 11 is 0. The van der Waals surface area contributed by atoms with Gasteiger partial charge in [0, 0.05) is 25.7 Å². The molecule has 0 saturated heterocycles. The van der Waals surface area contributed by atoms with Crippen LogP contribution in [0.5, 0.6) is 0 Å². The first-order valence-electron chi connectivity index (χ1n) is 12.4. The highest BCUT2D eigenvalue weighted by Gasteiger charge is 2.42. The maximum atomic E-state index is 14.4. The zero-order valence-corrected chi connectivity index (χ0v) is 23.2. The third kappa shape index (κ3) is 5.97. The molecule has 1 aliphatic carbocycles. The molecule has 4 aromatic carbocycles. The van der Waals surface area contributed by atoms with E-state index in [4.69, 9.17) is 0 Å². The number of hydrogen-bond acceptors (Lipinski definition) is 1. The highest BCUT2D eigenvalue weighted by molar-refractivity contribution is 7.76. The molecule has 1 aliphatic rings. The van der Waals surface area contributed by atoms with E-state index < -0.39 is 39.3 Å². The Kier molecular flexibility index (Phi) is 8.82. The van der Waals surface area contributed by atoms with Crippen molar-refractivity contribution in [2.45, 2.75) is 13.0 Å². The summed E-state index contributed by atoms with van der Waals surface area (Å²) in [5, 5.41) is 3.44. The number of halogens is 4. The van der Waals surface area contributed by atoms with Crippen molar-refractivity contribution in [1.29, 1.82) is 0 Å². The van der Waals surface area contributed by atoms with Crippen molar-refractivity contribution < 1.29 is 17.6 Å². The molecule has 1 atom stereocenters. The number of nitrogens with zero attached hydrogens (tertiary/aromatic N) is 1. The van der Waals surface area contributed by atoms with Crippen LogP contribution >= 0.6 is 16.0 Å². The van der Waals surface area contributed by atoms with Crippen LogP contribution in [0.1, 0.15) is 6.92 Å². The van der Waals surface area contributed by atoms with Gasteiger partial charge in [0.15, 0.2) is 23.3 Å². The van der Waals surface area contributed by atoms with Gasteiger partial charge in [-0.05, 0) is 98.8 Å². The summed E-state index contributed by atoms with van der Waals surface area (Å²) in [5.41, 5.74) is 1.19. The highest BCUT2D eigenvalue weighted by atomic mass is 31.1. The molecule has 197 valence electrons. The molecule has 0 aromatic heterocycles. The van der Waals surface area contributed by atoms with Crippen LogP contribution in [-0.2, 0) is 0 Å². The lowest BCUT2D eigenvalue weighted by atomic mass is 10.00. The third-order valence-electron chi connectivity index (χ3n) is 6.72. The van der Waals surface area contributed by atoms with Crippen LogP contribution < -0.4 is 21.2 Å². The van der Waals surface area contributed by atoms with Gasteiger partial charge in [0.05, 0.1) is 0 Å². The van der Waals surface area contributed by atoms with Crippen LogP contribution in [0.3, 0.4) is 0 Å². The first kappa shape index (κ1) is 28.0. The van der Waals surface area contributed by atoms with Crippen molar-refractivity contribution >= 4 is 37.2 Å². The van der Waals surface area contributed by atoms with Gasteiger partial charge in [0.1, 0.15) is 0 Å². The maximum absolute atomic E-state index is 14.4. The summed E-state index contributed by atoms with van der Waals surface area (Å²) in [6, 6.07) is 28.0. The van der Waals surface area contributed by atoms with Crippen molar-refractivity contribution in [3.8, 4) is 0 Å². The van der Waals surface area contributed by atoms with Crippen LogP contribution in [0, 0.1) is 54.1 Å². The molecule has 7 heteroatoms. The summed E-state index contributed by atoms with van der Waals surface area (Å²) in [4.78, 5) is 0. The summed E-state index contributed by atoms with van der Waals surface area (Å²) in [7, 11) is -0.507. The quantitative estimate of drug-likeness (QED) is 0.169. The second-order valence-corrected chi connectivity index (χ2v) is 13.6. The molecule has 4 aromatic rings. The molecule has 5 radical (unpaired) electrons. The number of benzene rings is 4. The normalized spacial score (nSPS) is 15.5. The van der Waals surface area contributed by atoms with Gasteiger partial charge >= 0.3 is 0 Å². The Bertz CT molecular complexity index is 1310. The predicted octanol–water partition coefficient (Wildman–Crippen LogP) is 6.78. The average molecular weight is 563 g/mol. The van der Waals surface area contributed by atoms with Crippen LogP contribution in [0.25, 0.3) is 0 Å². The standard InChI is InChI=1S/C32H26F4NP2/c1-22(27-14-9-15-32(27)38(23-10-5-3-6-11-23)24-12-7-4-8-13-24)37(2)39(25-16-18-28(33)30(35)20-25)26-17-19-29(34)31(36)21-26/h3-22H,1-2H3/t22-/m1/s1. The second-order valence-electron chi connectivity index (χ2n) is 9.13. The van der Waals surface area contributed by atoms with Crippen LogP contribution in [0.15, 0.2) is 97.1 Å².